The molecule has 1 aliphatic heterocycles. The van der Waals surface area contributed by atoms with Gasteiger partial charge in [-0.15, -0.1) is 0 Å². The molecule has 0 aromatic heterocycles. The number of hydrazone groups is 1. The molecule has 3 aromatic carbocycles. The monoisotopic (exact) mass is 502 g/mol. The lowest BCUT2D eigenvalue weighted by Gasteiger charge is -2.14. The summed E-state index contributed by atoms with van der Waals surface area (Å²) in [4.78, 5) is 13.5. The van der Waals surface area contributed by atoms with Crippen LogP contribution in [0.25, 0.3) is 6.08 Å². The quantitative estimate of drug-likeness (QED) is 0.270. The molecule has 0 unspecified atom stereocenters. The first-order valence-corrected chi connectivity index (χ1v) is 11.4. The van der Waals surface area contributed by atoms with E-state index in [0.29, 0.717) is 41.7 Å². The fourth-order valence-corrected chi connectivity index (χ4v) is 3.88. The lowest BCUT2D eigenvalue weighted by Crippen LogP contribution is -2.21. The smallest absolute Gasteiger partial charge is 0.281 e. The van der Waals surface area contributed by atoms with Gasteiger partial charge in [0, 0.05) is 10.0 Å². The van der Waals surface area contributed by atoms with E-state index in [9.17, 15) is 4.79 Å². The minimum absolute atomic E-state index is 0.197. The third-order valence-corrected chi connectivity index (χ3v) is 5.63. The molecule has 1 heterocycles. The zero-order chi connectivity index (χ0) is 23.2. The topological polar surface area (TPSA) is 51.1 Å². The molecule has 0 saturated heterocycles. The van der Waals surface area contributed by atoms with Gasteiger partial charge in [0.15, 0.2) is 11.5 Å². The van der Waals surface area contributed by atoms with Crippen LogP contribution < -0.4 is 14.5 Å². The first kappa shape index (κ1) is 22.6. The van der Waals surface area contributed by atoms with Gasteiger partial charge in [-0.25, -0.2) is 0 Å². The molecule has 5 nitrogen and oxygen atoms in total. The van der Waals surface area contributed by atoms with Crippen LogP contribution in [0.2, 0.25) is 0 Å². The van der Waals surface area contributed by atoms with Crippen LogP contribution >= 0.6 is 15.9 Å². The van der Waals surface area contributed by atoms with Crippen LogP contribution in [0.15, 0.2) is 101 Å². The predicted octanol–water partition coefficient (Wildman–Crippen LogP) is 6.25. The summed E-state index contributed by atoms with van der Waals surface area (Å²) < 4.78 is 12.3. The highest BCUT2D eigenvalue weighted by Crippen LogP contribution is 2.36. The Bertz CT molecular complexity index is 1220. The Hall–Kier alpha value is -3.64. The van der Waals surface area contributed by atoms with Gasteiger partial charge in [-0.1, -0.05) is 77.1 Å². The van der Waals surface area contributed by atoms with Crippen molar-refractivity contribution in [3.8, 4) is 11.5 Å². The fraction of sp³-hybridized carbons (Fsp3) is 0.111. The summed E-state index contributed by atoms with van der Waals surface area (Å²) in [6, 6.07) is 22.8. The van der Waals surface area contributed by atoms with Crippen molar-refractivity contribution >= 4 is 39.3 Å². The molecule has 0 aliphatic carbocycles. The normalized spacial score (nSPS) is 14.4. The number of hydrogen-bond acceptors (Lipinski definition) is 4. The molecular weight excluding hydrogens is 480 g/mol. The lowest BCUT2D eigenvalue weighted by atomic mass is 10.00. The van der Waals surface area contributed by atoms with Gasteiger partial charge in [0.1, 0.15) is 12.3 Å². The Labute approximate surface area is 201 Å². The number of halogens is 1. The summed E-state index contributed by atoms with van der Waals surface area (Å²) in [6.45, 7) is 6.46. The molecule has 0 saturated carbocycles. The number of nitrogens with zero attached hydrogens (tertiary/aromatic N) is 2. The summed E-state index contributed by atoms with van der Waals surface area (Å²) in [5, 5.41) is 6.12. The Morgan fingerprint density at radius 1 is 1.00 bits per heavy atom. The van der Waals surface area contributed by atoms with Crippen LogP contribution in [0.5, 0.6) is 11.5 Å². The van der Waals surface area contributed by atoms with Gasteiger partial charge < -0.3 is 9.47 Å². The van der Waals surface area contributed by atoms with Crippen molar-refractivity contribution in [2.75, 3.05) is 18.2 Å². The third-order valence-electron chi connectivity index (χ3n) is 4.95. The van der Waals surface area contributed by atoms with Crippen molar-refractivity contribution in [2.24, 2.45) is 5.10 Å². The van der Waals surface area contributed by atoms with Gasteiger partial charge in [-0.2, -0.15) is 10.1 Å². The molecule has 33 heavy (non-hydrogen) atoms. The maximum Gasteiger partial charge on any atom is 0.281 e. The van der Waals surface area contributed by atoms with Crippen LogP contribution in [0, 0.1) is 0 Å². The standard InChI is InChI=1S/C27H23BrN2O3/c1-3-15-33-25-18-23(28)20(17-24(25)32-4-2)16-22-26(19-11-7-5-8-12-19)29-30(27(22)31)21-13-9-6-10-14-21/h3,5-14,16-18H,1,4,15H2,2H3/b22-16-. The second-order valence-corrected chi connectivity index (χ2v) is 8.03. The average molecular weight is 503 g/mol. The number of carbonyl (C=O) groups excluding carboxylic acids is 1. The summed E-state index contributed by atoms with van der Waals surface area (Å²) in [7, 11) is 0. The minimum atomic E-state index is -0.197. The number of carbonyl (C=O) groups is 1. The molecule has 0 atom stereocenters. The van der Waals surface area contributed by atoms with Crippen LogP contribution in [-0.4, -0.2) is 24.8 Å². The zero-order valence-electron chi connectivity index (χ0n) is 18.2. The summed E-state index contributed by atoms with van der Waals surface area (Å²) >= 11 is 3.62. The number of hydrogen-bond donors (Lipinski definition) is 0. The fourth-order valence-electron chi connectivity index (χ4n) is 3.44. The van der Waals surface area contributed by atoms with Gasteiger partial charge in [0.2, 0.25) is 0 Å². The van der Waals surface area contributed by atoms with Crippen molar-refractivity contribution in [2.45, 2.75) is 6.92 Å². The zero-order valence-corrected chi connectivity index (χ0v) is 19.8. The van der Waals surface area contributed by atoms with Gasteiger partial charge in [-0.3, -0.25) is 4.79 Å². The van der Waals surface area contributed by atoms with Crippen LogP contribution in [0.3, 0.4) is 0 Å². The van der Waals surface area contributed by atoms with E-state index < -0.39 is 0 Å². The second kappa shape index (κ2) is 10.3. The first-order chi connectivity index (χ1) is 16.1. The molecule has 0 fully saturated rings. The average Bonchev–Trinajstić information content (AvgIpc) is 3.17. The van der Waals surface area contributed by atoms with E-state index >= 15 is 0 Å². The van der Waals surface area contributed by atoms with Crippen LogP contribution in [0.4, 0.5) is 5.69 Å². The van der Waals surface area contributed by atoms with Crippen molar-refractivity contribution in [1.82, 2.24) is 0 Å². The molecule has 3 aromatic rings. The SMILES string of the molecule is C=CCOc1cc(Br)c(/C=C2\C(=O)N(c3ccccc3)N=C2c2ccccc2)cc1OCC. The highest BCUT2D eigenvalue weighted by molar-refractivity contribution is 9.10. The van der Waals surface area contributed by atoms with Gasteiger partial charge in [0.25, 0.3) is 5.91 Å². The highest BCUT2D eigenvalue weighted by Gasteiger charge is 2.32. The summed E-state index contributed by atoms with van der Waals surface area (Å²) in [5.74, 6) is 1.00. The highest BCUT2D eigenvalue weighted by atomic mass is 79.9. The molecule has 0 radical (unpaired) electrons. The predicted molar refractivity (Wildman–Crippen MR) is 136 cm³/mol. The largest absolute Gasteiger partial charge is 0.490 e. The van der Waals surface area contributed by atoms with Crippen molar-refractivity contribution in [3.05, 3.63) is 107 Å². The van der Waals surface area contributed by atoms with Crippen LogP contribution in [0.1, 0.15) is 18.1 Å². The molecule has 1 aliphatic rings. The van der Waals surface area contributed by atoms with E-state index in [0.717, 1.165) is 15.6 Å². The number of amides is 1. The molecule has 166 valence electrons. The van der Waals surface area contributed by atoms with Crippen molar-refractivity contribution in [1.29, 1.82) is 0 Å². The summed E-state index contributed by atoms with van der Waals surface area (Å²) in [6.07, 6.45) is 3.51. The van der Waals surface area contributed by atoms with Gasteiger partial charge >= 0.3 is 0 Å². The number of para-hydroxylation sites is 1. The van der Waals surface area contributed by atoms with Gasteiger partial charge in [0.05, 0.1) is 17.9 Å². The van der Waals surface area contributed by atoms with Gasteiger partial charge in [-0.05, 0) is 42.8 Å². The Morgan fingerprint density at radius 2 is 1.67 bits per heavy atom. The molecular formula is C27H23BrN2O3. The Balaban J connectivity index is 1.81. The van der Waals surface area contributed by atoms with E-state index in [1.807, 2.05) is 85.8 Å². The number of benzene rings is 3. The van der Waals surface area contributed by atoms with Crippen molar-refractivity contribution in [3.63, 3.8) is 0 Å². The van der Waals surface area contributed by atoms with E-state index in [2.05, 4.69) is 27.6 Å². The van der Waals surface area contributed by atoms with Crippen molar-refractivity contribution < 1.29 is 14.3 Å². The molecule has 4 rings (SSSR count). The molecule has 6 heteroatoms. The molecule has 1 amide bonds. The minimum Gasteiger partial charge on any atom is -0.490 e. The Kier molecular flexibility index (Phi) is 7.05. The van der Waals surface area contributed by atoms with E-state index in [1.54, 1.807) is 6.08 Å². The first-order valence-electron chi connectivity index (χ1n) is 10.6. The lowest BCUT2D eigenvalue weighted by molar-refractivity contribution is -0.114. The molecule has 0 spiro atoms. The maximum absolute atomic E-state index is 13.5. The molecule has 0 bridgehead atoms. The molecule has 0 N–H and O–H groups in total. The van der Waals surface area contributed by atoms with E-state index in [-0.39, 0.29) is 5.91 Å². The van der Waals surface area contributed by atoms with E-state index in [1.165, 1.54) is 5.01 Å². The van der Waals surface area contributed by atoms with E-state index in [4.69, 9.17) is 9.47 Å². The number of ether oxygens (including phenoxy) is 2. The second-order valence-electron chi connectivity index (χ2n) is 7.18. The number of rotatable bonds is 8. The van der Waals surface area contributed by atoms with Crippen LogP contribution in [-0.2, 0) is 4.79 Å². The number of anilines is 1. The maximum atomic E-state index is 13.5. The summed E-state index contributed by atoms with van der Waals surface area (Å²) in [5.41, 5.74) is 3.46. The third kappa shape index (κ3) is 4.91. The Morgan fingerprint density at radius 3 is 2.33 bits per heavy atom.